The third-order valence-electron chi connectivity index (χ3n) is 5.23. The van der Waals surface area contributed by atoms with Crippen LogP contribution in [0.25, 0.3) is 32.8 Å². The van der Waals surface area contributed by atoms with Crippen LogP contribution in [0.4, 0.5) is 0 Å². The maximum Gasteiger partial charge on any atom is 0.261 e. The van der Waals surface area contributed by atoms with Crippen molar-refractivity contribution in [2.75, 3.05) is 0 Å². The molecule has 0 bridgehead atoms. The number of para-hydroxylation sites is 2. The fourth-order valence-electron chi connectivity index (χ4n) is 3.88. The van der Waals surface area contributed by atoms with Gasteiger partial charge in [0, 0.05) is 28.4 Å². The van der Waals surface area contributed by atoms with Crippen molar-refractivity contribution in [1.29, 1.82) is 0 Å². The molecule has 148 valence electrons. The Morgan fingerprint density at radius 2 is 1.77 bits per heavy atom. The monoisotopic (exact) mass is 396 g/mol. The molecule has 7 heteroatoms. The number of amides is 1. The fourth-order valence-corrected chi connectivity index (χ4v) is 3.88. The minimum atomic E-state index is -0.259. The van der Waals surface area contributed by atoms with Crippen molar-refractivity contribution in [1.82, 2.24) is 25.0 Å². The van der Waals surface area contributed by atoms with E-state index in [1.54, 1.807) is 10.9 Å². The Kier molecular flexibility index (Phi) is 4.48. The Morgan fingerprint density at radius 1 is 1.00 bits per heavy atom. The number of aromatic nitrogens is 4. The van der Waals surface area contributed by atoms with Gasteiger partial charge in [0.1, 0.15) is 12.1 Å². The molecule has 30 heavy (non-hydrogen) atoms. The van der Waals surface area contributed by atoms with Crippen molar-refractivity contribution in [3.8, 4) is 0 Å². The number of hydrazone groups is 1. The van der Waals surface area contributed by atoms with Crippen molar-refractivity contribution in [3.05, 3.63) is 72.3 Å². The number of nitrogens with one attached hydrogen (secondary N) is 1. The van der Waals surface area contributed by atoms with Crippen LogP contribution in [0.2, 0.25) is 0 Å². The lowest BCUT2D eigenvalue weighted by Gasteiger charge is -2.03. The molecule has 1 N–H and O–H groups in total. The summed E-state index contributed by atoms with van der Waals surface area (Å²) >= 11 is 0. The molecule has 0 radical (unpaired) electrons. The van der Waals surface area contributed by atoms with E-state index in [1.165, 1.54) is 21.8 Å². The zero-order valence-corrected chi connectivity index (χ0v) is 16.5. The SMILES string of the molecule is CCn1c2ccccc2c2cc(/C=N\NC(=O)Cn3nnc4ccccc43)ccc21. The molecular formula is C23H20N6O. The van der Waals surface area contributed by atoms with Crippen LogP contribution in [0.5, 0.6) is 0 Å². The van der Waals surface area contributed by atoms with Gasteiger partial charge in [0.15, 0.2) is 0 Å². The molecule has 0 aliphatic carbocycles. The van der Waals surface area contributed by atoms with Crippen LogP contribution in [-0.4, -0.2) is 31.7 Å². The molecule has 2 heterocycles. The lowest BCUT2D eigenvalue weighted by molar-refractivity contribution is -0.121. The molecular weight excluding hydrogens is 376 g/mol. The largest absolute Gasteiger partial charge is 0.341 e. The molecule has 0 saturated heterocycles. The average Bonchev–Trinajstić information content (AvgIpc) is 3.32. The highest BCUT2D eigenvalue weighted by Gasteiger charge is 2.10. The maximum absolute atomic E-state index is 12.3. The molecule has 5 rings (SSSR count). The second-order valence-electron chi connectivity index (χ2n) is 7.07. The highest BCUT2D eigenvalue weighted by Crippen LogP contribution is 2.29. The van der Waals surface area contributed by atoms with Gasteiger partial charge in [-0.3, -0.25) is 4.79 Å². The van der Waals surface area contributed by atoms with E-state index >= 15 is 0 Å². The lowest BCUT2D eigenvalue weighted by atomic mass is 10.1. The predicted molar refractivity (Wildman–Crippen MR) is 118 cm³/mol. The summed E-state index contributed by atoms with van der Waals surface area (Å²) in [6, 6.07) is 22.1. The zero-order valence-electron chi connectivity index (χ0n) is 16.5. The number of rotatable bonds is 5. The number of carbonyl (C=O) groups is 1. The second-order valence-corrected chi connectivity index (χ2v) is 7.07. The molecule has 7 nitrogen and oxygen atoms in total. The lowest BCUT2D eigenvalue weighted by Crippen LogP contribution is -2.23. The average molecular weight is 396 g/mol. The minimum absolute atomic E-state index is 0.0564. The highest BCUT2D eigenvalue weighted by molar-refractivity contribution is 6.09. The number of nitrogens with zero attached hydrogens (tertiary/aromatic N) is 5. The van der Waals surface area contributed by atoms with Crippen LogP contribution in [0.15, 0.2) is 71.8 Å². The number of carbonyl (C=O) groups excluding carboxylic acids is 1. The molecule has 0 saturated carbocycles. The van der Waals surface area contributed by atoms with Crippen molar-refractivity contribution >= 4 is 45.0 Å². The van der Waals surface area contributed by atoms with Crippen LogP contribution in [-0.2, 0) is 17.9 Å². The molecule has 0 unspecified atom stereocenters. The van der Waals surface area contributed by atoms with Gasteiger partial charge in [-0.25, -0.2) is 10.1 Å². The quantitative estimate of drug-likeness (QED) is 0.363. The molecule has 0 aliphatic heterocycles. The van der Waals surface area contributed by atoms with E-state index in [2.05, 4.69) is 68.7 Å². The summed E-state index contributed by atoms with van der Waals surface area (Å²) in [5, 5.41) is 14.6. The van der Waals surface area contributed by atoms with Gasteiger partial charge in [0.05, 0.1) is 11.7 Å². The zero-order chi connectivity index (χ0) is 20.5. The van der Waals surface area contributed by atoms with Gasteiger partial charge >= 0.3 is 0 Å². The van der Waals surface area contributed by atoms with E-state index in [9.17, 15) is 4.79 Å². The van der Waals surface area contributed by atoms with Gasteiger partial charge in [-0.2, -0.15) is 5.10 Å². The van der Waals surface area contributed by atoms with Crippen LogP contribution < -0.4 is 5.43 Å². The Bertz CT molecular complexity index is 1410. The van der Waals surface area contributed by atoms with E-state index in [0.29, 0.717) is 0 Å². The number of benzene rings is 3. The van der Waals surface area contributed by atoms with Crippen LogP contribution >= 0.6 is 0 Å². The van der Waals surface area contributed by atoms with E-state index in [0.717, 1.165) is 23.1 Å². The molecule has 0 aliphatic rings. The Morgan fingerprint density at radius 3 is 2.63 bits per heavy atom. The molecule has 5 aromatic rings. The van der Waals surface area contributed by atoms with Crippen LogP contribution in [0.1, 0.15) is 12.5 Å². The molecule has 3 aromatic carbocycles. The molecule has 0 atom stereocenters. The van der Waals surface area contributed by atoms with Gasteiger partial charge in [0.2, 0.25) is 0 Å². The summed E-state index contributed by atoms with van der Waals surface area (Å²) < 4.78 is 3.86. The number of aryl methyl sites for hydroxylation is 1. The molecule has 1 amide bonds. The fraction of sp³-hybridized carbons (Fsp3) is 0.130. The minimum Gasteiger partial charge on any atom is -0.341 e. The van der Waals surface area contributed by atoms with Crippen molar-refractivity contribution in [3.63, 3.8) is 0 Å². The summed E-state index contributed by atoms with van der Waals surface area (Å²) in [5.41, 5.74) is 7.48. The Hall–Kier alpha value is -4.00. The smallest absolute Gasteiger partial charge is 0.261 e. The van der Waals surface area contributed by atoms with E-state index in [4.69, 9.17) is 0 Å². The third-order valence-corrected chi connectivity index (χ3v) is 5.23. The van der Waals surface area contributed by atoms with Gasteiger partial charge in [-0.05, 0) is 42.8 Å². The maximum atomic E-state index is 12.3. The molecule has 0 spiro atoms. The van der Waals surface area contributed by atoms with E-state index in [1.807, 2.05) is 30.3 Å². The summed E-state index contributed by atoms with van der Waals surface area (Å²) in [5.74, 6) is -0.259. The van der Waals surface area contributed by atoms with E-state index < -0.39 is 0 Å². The number of hydrogen-bond donors (Lipinski definition) is 1. The second kappa shape index (κ2) is 7.44. The van der Waals surface area contributed by atoms with Crippen molar-refractivity contribution < 1.29 is 4.79 Å². The van der Waals surface area contributed by atoms with Crippen LogP contribution in [0.3, 0.4) is 0 Å². The first-order chi connectivity index (χ1) is 14.7. The first-order valence-electron chi connectivity index (χ1n) is 9.85. The van der Waals surface area contributed by atoms with Gasteiger partial charge in [-0.1, -0.05) is 41.6 Å². The van der Waals surface area contributed by atoms with Gasteiger partial charge in [0.25, 0.3) is 5.91 Å². The standard InChI is InChI=1S/C23H20N6O/c1-2-28-20-9-5-3-7-17(20)18-13-16(11-12-21(18)28)14-24-26-23(30)15-29-22-10-6-4-8-19(22)25-27-29/h3-14H,2,15H2,1H3,(H,26,30)/b24-14-. The summed E-state index contributed by atoms with van der Waals surface area (Å²) in [6.45, 7) is 3.11. The van der Waals surface area contributed by atoms with Crippen molar-refractivity contribution in [2.24, 2.45) is 5.10 Å². The van der Waals surface area contributed by atoms with Crippen molar-refractivity contribution in [2.45, 2.75) is 20.0 Å². The van der Waals surface area contributed by atoms with E-state index in [-0.39, 0.29) is 12.5 Å². The topological polar surface area (TPSA) is 77.1 Å². The van der Waals surface area contributed by atoms with Crippen LogP contribution in [0, 0.1) is 0 Å². The predicted octanol–water partition coefficient (Wildman–Crippen LogP) is 3.71. The van der Waals surface area contributed by atoms with Gasteiger partial charge < -0.3 is 4.57 Å². The Labute approximate surface area is 172 Å². The summed E-state index contributed by atoms with van der Waals surface area (Å²) in [6.07, 6.45) is 1.66. The summed E-state index contributed by atoms with van der Waals surface area (Å²) in [7, 11) is 0. The van der Waals surface area contributed by atoms with Gasteiger partial charge in [-0.15, -0.1) is 5.10 Å². The first kappa shape index (κ1) is 18.1. The third kappa shape index (κ3) is 3.10. The summed E-state index contributed by atoms with van der Waals surface area (Å²) in [4.78, 5) is 12.3. The molecule has 2 aromatic heterocycles. The number of fused-ring (bicyclic) bond motifs is 4. The number of hydrogen-bond acceptors (Lipinski definition) is 4. The normalized spacial score (nSPS) is 11.8. The molecule has 0 fully saturated rings. The first-order valence-corrected chi connectivity index (χ1v) is 9.85. The highest BCUT2D eigenvalue weighted by atomic mass is 16.2. The Balaban J connectivity index is 1.35.